The fourth-order valence-corrected chi connectivity index (χ4v) is 4.10. The molecule has 1 aromatic rings. The highest BCUT2D eigenvalue weighted by molar-refractivity contribution is 5.64. The van der Waals surface area contributed by atoms with Gasteiger partial charge in [-0.3, -0.25) is 0 Å². The third-order valence-corrected chi connectivity index (χ3v) is 6.07. The Kier molecular flexibility index (Phi) is 9.94. The second kappa shape index (κ2) is 12.4. The van der Waals surface area contributed by atoms with E-state index in [0.29, 0.717) is 0 Å². The highest BCUT2D eigenvalue weighted by atomic mass is 15.1. The van der Waals surface area contributed by atoms with Crippen LogP contribution in [0, 0.1) is 12.8 Å². The molecule has 0 aromatic heterocycles. The molecule has 1 aromatic carbocycles. The van der Waals surface area contributed by atoms with E-state index in [1.165, 1.54) is 78.6 Å². The van der Waals surface area contributed by atoms with Crippen molar-refractivity contribution in [2.24, 2.45) is 5.92 Å². The Bertz CT molecular complexity index is 793. The maximum atomic E-state index is 4.11. The van der Waals surface area contributed by atoms with E-state index in [0.717, 1.165) is 18.9 Å². The summed E-state index contributed by atoms with van der Waals surface area (Å²) in [5.74, 6) is 0.841. The molecule has 2 rings (SSSR count). The van der Waals surface area contributed by atoms with Gasteiger partial charge in [0.05, 0.1) is 0 Å². The molecular formula is C29H41N. The van der Waals surface area contributed by atoms with Gasteiger partial charge in [0, 0.05) is 17.9 Å². The molecule has 1 atom stereocenters. The van der Waals surface area contributed by atoms with E-state index < -0.39 is 0 Å². The van der Waals surface area contributed by atoms with Crippen LogP contribution >= 0.6 is 0 Å². The summed E-state index contributed by atoms with van der Waals surface area (Å²) in [4.78, 5) is 2.46. The standard InChI is InChI=1S/C29H41N/c1-7-11-12-15-25(9-3)16-13-17-30(28(14-8-2)22-27-20-24(27)6)29-19-23(5)18-26(10-4)21-29/h8,10,14,18-19,21-22,25H,2,4,6-7,9,11-13,15-17,20H2,1,3,5H3/b27-22+,28-14+. The van der Waals surface area contributed by atoms with Crippen LogP contribution in [0.1, 0.15) is 76.3 Å². The number of hydrogen-bond acceptors (Lipinski definition) is 1. The van der Waals surface area contributed by atoms with Crippen molar-refractivity contribution >= 4 is 11.8 Å². The molecule has 1 heteroatoms. The molecule has 1 saturated carbocycles. The van der Waals surface area contributed by atoms with Gasteiger partial charge in [-0.15, -0.1) is 0 Å². The van der Waals surface area contributed by atoms with Crippen LogP contribution in [-0.4, -0.2) is 6.54 Å². The molecular weight excluding hydrogens is 362 g/mol. The lowest BCUT2D eigenvalue weighted by molar-refractivity contribution is 0.407. The quantitative estimate of drug-likeness (QED) is 0.221. The summed E-state index contributed by atoms with van der Waals surface area (Å²) in [7, 11) is 0. The molecule has 0 heterocycles. The lowest BCUT2D eigenvalue weighted by Gasteiger charge is -2.28. The zero-order valence-electron chi connectivity index (χ0n) is 19.6. The Morgan fingerprint density at radius 2 is 1.83 bits per heavy atom. The lowest BCUT2D eigenvalue weighted by atomic mass is 9.93. The maximum Gasteiger partial charge on any atom is 0.0419 e. The van der Waals surface area contributed by atoms with Crippen LogP contribution < -0.4 is 4.90 Å². The zero-order valence-corrected chi connectivity index (χ0v) is 19.6. The fourth-order valence-electron chi connectivity index (χ4n) is 4.10. The molecule has 0 bridgehead atoms. The predicted octanol–water partition coefficient (Wildman–Crippen LogP) is 8.79. The molecule has 0 saturated heterocycles. The number of benzene rings is 1. The number of allylic oxidation sites excluding steroid dienone is 5. The van der Waals surface area contributed by atoms with Crippen molar-refractivity contribution in [3.8, 4) is 0 Å². The first kappa shape index (κ1) is 24.0. The topological polar surface area (TPSA) is 3.24 Å². The molecule has 0 amide bonds. The van der Waals surface area contributed by atoms with Crippen molar-refractivity contribution in [3.63, 3.8) is 0 Å². The minimum Gasteiger partial charge on any atom is -0.341 e. The predicted molar refractivity (Wildman–Crippen MR) is 136 cm³/mol. The van der Waals surface area contributed by atoms with Crippen LogP contribution in [0.5, 0.6) is 0 Å². The lowest BCUT2D eigenvalue weighted by Crippen LogP contribution is -2.23. The summed E-state index contributed by atoms with van der Waals surface area (Å²) < 4.78 is 0. The number of aryl methyl sites for hydroxylation is 1. The molecule has 1 unspecified atom stereocenters. The Hall–Kier alpha value is -2.28. The van der Waals surface area contributed by atoms with E-state index in [1.807, 2.05) is 12.2 Å². The summed E-state index contributed by atoms with van der Waals surface area (Å²) in [5.41, 5.74) is 7.49. The maximum absolute atomic E-state index is 4.11. The second-order valence-corrected chi connectivity index (χ2v) is 8.65. The van der Waals surface area contributed by atoms with Gasteiger partial charge in [-0.05, 0) is 78.7 Å². The van der Waals surface area contributed by atoms with Crippen molar-refractivity contribution in [1.29, 1.82) is 0 Å². The first-order valence-corrected chi connectivity index (χ1v) is 11.7. The fraction of sp³-hybridized carbons (Fsp3) is 0.448. The largest absolute Gasteiger partial charge is 0.341 e. The van der Waals surface area contributed by atoms with Crippen molar-refractivity contribution in [2.45, 2.75) is 72.1 Å². The minimum atomic E-state index is 0.841. The highest BCUT2D eigenvalue weighted by Crippen LogP contribution is 2.37. The van der Waals surface area contributed by atoms with E-state index in [1.54, 1.807) is 0 Å². The van der Waals surface area contributed by atoms with Gasteiger partial charge in [-0.1, -0.05) is 83.9 Å². The van der Waals surface area contributed by atoms with Gasteiger partial charge in [-0.25, -0.2) is 0 Å². The van der Waals surface area contributed by atoms with Crippen LogP contribution in [0.15, 0.2) is 73.0 Å². The van der Waals surface area contributed by atoms with E-state index in [4.69, 9.17) is 0 Å². The highest BCUT2D eigenvalue weighted by Gasteiger charge is 2.20. The van der Waals surface area contributed by atoms with Crippen molar-refractivity contribution in [1.82, 2.24) is 0 Å². The van der Waals surface area contributed by atoms with Gasteiger partial charge in [-0.2, -0.15) is 0 Å². The number of hydrogen-bond donors (Lipinski definition) is 0. The number of nitrogens with zero attached hydrogens (tertiary/aromatic N) is 1. The van der Waals surface area contributed by atoms with E-state index in [2.05, 4.69) is 75.8 Å². The van der Waals surface area contributed by atoms with Crippen molar-refractivity contribution in [3.05, 3.63) is 84.1 Å². The monoisotopic (exact) mass is 403 g/mol. The molecule has 0 spiro atoms. The van der Waals surface area contributed by atoms with Crippen molar-refractivity contribution in [2.75, 3.05) is 11.4 Å². The smallest absolute Gasteiger partial charge is 0.0419 e. The Labute approximate surface area is 185 Å². The number of unbranched alkanes of at least 4 members (excludes halogenated alkanes) is 2. The van der Waals surface area contributed by atoms with Crippen LogP contribution in [0.4, 0.5) is 5.69 Å². The molecule has 1 aliphatic rings. The SMILES string of the molecule is C=C/C=C(\C=C1/CC1=C)N(CCCC(CC)CCCCC)c1cc(C)cc(C=C)c1. The average molecular weight is 404 g/mol. The first-order chi connectivity index (χ1) is 14.5. The van der Waals surface area contributed by atoms with Crippen molar-refractivity contribution < 1.29 is 0 Å². The normalized spacial score (nSPS) is 15.9. The molecule has 1 aliphatic carbocycles. The molecule has 0 radical (unpaired) electrons. The molecule has 0 aliphatic heterocycles. The first-order valence-electron chi connectivity index (χ1n) is 11.7. The Morgan fingerprint density at radius 3 is 2.43 bits per heavy atom. The molecule has 30 heavy (non-hydrogen) atoms. The summed E-state index contributed by atoms with van der Waals surface area (Å²) >= 11 is 0. The zero-order chi connectivity index (χ0) is 21.9. The molecule has 0 N–H and O–H groups in total. The second-order valence-electron chi connectivity index (χ2n) is 8.65. The van der Waals surface area contributed by atoms with Crippen LogP contribution in [-0.2, 0) is 0 Å². The summed E-state index contributed by atoms with van der Waals surface area (Å²) in [5, 5.41) is 0. The molecule has 162 valence electrons. The summed E-state index contributed by atoms with van der Waals surface area (Å²) in [6.45, 7) is 19.9. The summed E-state index contributed by atoms with van der Waals surface area (Å²) in [6.07, 6.45) is 18.5. The summed E-state index contributed by atoms with van der Waals surface area (Å²) in [6, 6.07) is 6.71. The number of rotatable bonds is 14. The van der Waals surface area contributed by atoms with E-state index in [9.17, 15) is 0 Å². The van der Waals surface area contributed by atoms with Crippen LogP contribution in [0.2, 0.25) is 0 Å². The van der Waals surface area contributed by atoms with Gasteiger partial charge in [0.1, 0.15) is 0 Å². The Morgan fingerprint density at radius 1 is 1.10 bits per heavy atom. The van der Waals surface area contributed by atoms with Gasteiger partial charge < -0.3 is 4.90 Å². The van der Waals surface area contributed by atoms with Crippen LogP contribution in [0.3, 0.4) is 0 Å². The average Bonchev–Trinajstić information content (AvgIpc) is 3.43. The van der Waals surface area contributed by atoms with Gasteiger partial charge in [0.2, 0.25) is 0 Å². The van der Waals surface area contributed by atoms with Gasteiger partial charge >= 0.3 is 0 Å². The third kappa shape index (κ3) is 7.52. The molecule has 1 fully saturated rings. The van der Waals surface area contributed by atoms with E-state index in [-0.39, 0.29) is 0 Å². The minimum absolute atomic E-state index is 0.841. The number of anilines is 1. The van der Waals surface area contributed by atoms with Gasteiger partial charge in [0.25, 0.3) is 0 Å². The van der Waals surface area contributed by atoms with Crippen LogP contribution in [0.25, 0.3) is 6.08 Å². The molecule has 1 nitrogen and oxygen atoms in total. The van der Waals surface area contributed by atoms with E-state index >= 15 is 0 Å². The van der Waals surface area contributed by atoms with Gasteiger partial charge in [0.15, 0.2) is 0 Å². The Balaban J connectivity index is 2.22. The third-order valence-electron chi connectivity index (χ3n) is 6.07.